The zero-order valence-corrected chi connectivity index (χ0v) is 16.6. The predicted octanol–water partition coefficient (Wildman–Crippen LogP) is 6.56. The van der Waals surface area contributed by atoms with Crippen LogP contribution in [0.25, 0.3) is 0 Å². The largest absolute Gasteiger partial charge is 0.323 e. The summed E-state index contributed by atoms with van der Waals surface area (Å²) in [5.74, 6) is -0.458. The Balaban J connectivity index is 3.07. The van der Waals surface area contributed by atoms with Gasteiger partial charge in [0.1, 0.15) is 0 Å². The van der Waals surface area contributed by atoms with E-state index in [9.17, 15) is 9.59 Å². The average molecular weight is 414 g/mol. The minimum Gasteiger partial charge on any atom is -0.323 e. The summed E-state index contributed by atoms with van der Waals surface area (Å²) in [7, 11) is 0. The van der Waals surface area contributed by atoms with Gasteiger partial charge in [0.2, 0.25) is 11.8 Å². The summed E-state index contributed by atoms with van der Waals surface area (Å²) in [6.07, 6.45) is 3.95. The van der Waals surface area contributed by atoms with Gasteiger partial charge in [-0.2, -0.15) is 0 Å². The molecule has 2 N–H and O–H groups in total. The van der Waals surface area contributed by atoms with Gasteiger partial charge in [-0.1, -0.05) is 73.1 Å². The fourth-order valence-electron chi connectivity index (χ4n) is 1.93. The third-order valence-corrected chi connectivity index (χ3v) is 5.01. The Morgan fingerprint density at radius 1 is 0.708 bits per heavy atom. The first-order valence-corrected chi connectivity index (χ1v) is 9.30. The van der Waals surface area contributed by atoms with E-state index in [2.05, 4.69) is 10.6 Å². The highest BCUT2D eigenvalue weighted by atomic mass is 35.5. The van der Waals surface area contributed by atoms with Gasteiger partial charge in [-0.05, 0) is 12.8 Å². The first-order valence-electron chi connectivity index (χ1n) is 7.79. The van der Waals surface area contributed by atoms with E-state index in [0.29, 0.717) is 12.8 Å². The molecule has 0 aliphatic heterocycles. The van der Waals surface area contributed by atoms with Crippen molar-refractivity contribution in [3.63, 3.8) is 0 Å². The molecule has 0 saturated heterocycles. The lowest BCUT2D eigenvalue weighted by Gasteiger charge is -2.17. The van der Waals surface area contributed by atoms with E-state index in [-0.39, 0.29) is 43.3 Å². The number of carbonyl (C=O) groups excluding carboxylic acids is 2. The van der Waals surface area contributed by atoms with Gasteiger partial charge in [-0.25, -0.2) is 0 Å². The maximum Gasteiger partial charge on any atom is 0.224 e. The van der Waals surface area contributed by atoms with Gasteiger partial charge in [-0.3, -0.25) is 9.59 Å². The van der Waals surface area contributed by atoms with E-state index < -0.39 is 0 Å². The zero-order valence-electron chi connectivity index (χ0n) is 13.6. The van der Waals surface area contributed by atoms with E-state index in [4.69, 9.17) is 46.4 Å². The number of carbonyl (C=O) groups is 2. The highest BCUT2D eigenvalue weighted by Crippen LogP contribution is 2.47. The molecule has 134 valence electrons. The highest BCUT2D eigenvalue weighted by molar-refractivity contribution is 6.53. The summed E-state index contributed by atoms with van der Waals surface area (Å²) in [5, 5.41) is 5.42. The zero-order chi connectivity index (χ0) is 18.3. The first kappa shape index (κ1) is 21.4. The number of hydrogen-bond donors (Lipinski definition) is 2. The maximum absolute atomic E-state index is 11.9. The molecule has 0 spiro atoms. The molecule has 0 aliphatic carbocycles. The lowest BCUT2D eigenvalue weighted by atomic mass is 10.2. The van der Waals surface area contributed by atoms with Crippen LogP contribution in [0.2, 0.25) is 20.1 Å². The minimum absolute atomic E-state index is 0.0432. The summed E-state index contributed by atoms with van der Waals surface area (Å²) in [6.45, 7) is 3.97. The summed E-state index contributed by atoms with van der Waals surface area (Å²) in [5.41, 5.74) is 0.307. The van der Waals surface area contributed by atoms with Crippen molar-refractivity contribution in [2.75, 3.05) is 10.6 Å². The number of benzene rings is 1. The molecule has 2 amide bonds. The standard InChI is InChI=1S/C16H20Cl4N2O2/c1-3-5-7-9(23)21-15-11(17)13(19)16(14(20)12(15)18)22-10(24)8-6-4-2/h3-8H2,1-2H3,(H,21,23)(H,22,24). The number of amides is 2. The molecule has 0 saturated carbocycles. The topological polar surface area (TPSA) is 58.2 Å². The molecule has 24 heavy (non-hydrogen) atoms. The SMILES string of the molecule is CCCCC(=O)Nc1c(Cl)c(Cl)c(NC(=O)CCCC)c(Cl)c1Cl. The fourth-order valence-corrected chi connectivity index (χ4v) is 2.97. The van der Waals surface area contributed by atoms with Crippen LogP contribution in [0.3, 0.4) is 0 Å². The van der Waals surface area contributed by atoms with Crippen molar-refractivity contribution in [1.29, 1.82) is 0 Å². The number of unbranched alkanes of at least 4 members (excludes halogenated alkanes) is 2. The lowest BCUT2D eigenvalue weighted by Crippen LogP contribution is -2.14. The fraction of sp³-hybridized carbons (Fsp3) is 0.500. The first-order chi connectivity index (χ1) is 11.3. The second kappa shape index (κ2) is 10.3. The van der Waals surface area contributed by atoms with Crippen molar-refractivity contribution in [1.82, 2.24) is 0 Å². The molecule has 0 unspecified atom stereocenters. The van der Waals surface area contributed by atoms with Crippen LogP contribution in [0.4, 0.5) is 11.4 Å². The monoisotopic (exact) mass is 412 g/mol. The molecule has 0 radical (unpaired) electrons. The number of nitrogens with one attached hydrogen (secondary N) is 2. The van der Waals surface area contributed by atoms with Crippen LogP contribution in [0.15, 0.2) is 0 Å². The van der Waals surface area contributed by atoms with Crippen LogP contribution in [0, 0.1) is 0 Å². The van der Waals surface area contributed by atoms with Gasteiger partial charge in [-0.15, -0.1) is 0 Å². The summed E-state index contributed by atoms with van der Waals surface area (Å²) in [4.78, 5) is 23.8. The van der Waals surface area contributed by atoms with Crippen molar-refractivity contribution < 1.29 is 9.59 Å². The predicted molar refractivity (Wildman–Crippen MR) is 103 cm³/mol. The minimum atomic E-state index is -0.229. The van der Waals surface area contributed by atoms with Gasteiger partial charge in [0.05, 0.1) is 31.5 Å². The Morgan fingerprint density at radius 2 is 1.00 bits per heavy atom. The summed E-state index contributed by atoms with van der Waals surface area (Å²) < 4.78 is 0. The van der Waals surface area contributed by atoms with E-state index in [1.807, 2.05) is 13.8 Å². The summed E-state index contributed by atoms with van der Waals surface area (Å²) in [6, 6.07) is 0. The van der Waals surface area contributed by atoms with Crippen molar-refractivity contribution >= 4 is 69.6 Å². The second-order valence-electron chi connectivity index (χ2n) is 5.31. The van der Waals surface area contributed by atoms with Gasteiger partial charge < -0.3 is 10.6 Å². The number of hydrogen-bond acceptors (Lipinski definition) is 2. The van der Waals surface area contributed by atoms with Crippen LogP contribution in [-0.4, -0.2) is 11.8 Å². The molecule has 0 heterocycles. The molecule has 0 aliphatic rings. The van der Waals surface area contributed by atoms with E-state index in [0.717, 1.165) is 25.7 Å². The molecule has 4 nitrogen and oxygen atoms in total. The van der Waals surface area contributed by atoms with E-state index >= 15 is 0 Å². The molecule has 1 rings (SSSR count). The van der Waals surface area contributed by atoms with Crippen LogP contribution < -0.4 is 10.6 Å². The van der Waals surface area contributed by atoms with Crippen LogP contribution >= 0.6 is 46.4 Å². The van der Waals surface area contributed by atoms with E-state index in [1.54, 1.807) is 0 Å². The number of rotatable bonds is 8. The average Bonchev–Trinajstić information content (AvgIpc) is 2.57. The molecule has 1 aromatic carbocycles. The van der Waals surface area contributed by atoms with Gasteiger partial charge in [0.15, 0.2) is 0 Å². The third-order valence-electron chi connectivity index (χ3n) is 3.31. The maximum atomic E-state index is 11.9. The van der Waals surface area contributed by atoms with Crippen molar-refractivity contribution in [2.24, 2.45) is 0 Å². The Bertz CT molecular complexity index is 539. The molecule has 1 aromatic rings. The van der Waals surface area contributed by atoms with Crippen LogP contribution in [0.5, 0.6) is 0 Å². The van der Waals surface area contributed by atoms with Crippen LogP contribution in [-0.2, 0) is 9.59 Å². The Kier molecular flexibility index (Phi) is 9.21. The van der Waals surface area contributed by atoms with Crippen molar-refractivity contribution in [3.05, 3.63) is 20.1 Å². The van der Waals surface area contributed by atoms with Crippen molar-refractivity contribution in [3.8, 4) is 0 Å². The molecule has 0 atom stereocenters. The Labute approximate surface area is 162 Å². The quantitative estimate of drug-likeness (QED) is 0.474. The van der Waals surface area contributed by atoms with Crippen LogP contribution in [0.1, 0.15) is 52.4 Å². The second-order valence-corrected chi connectivity index (χ2v) is 6.82. The molecular weight excluding hydrogens is 394 g/mol. The van der Waals surface area contributed by atoms with E-state index in [1.165, 1.54) is 0 Å². The van der Waals surface area contributed by atoms with Crippen molar-refractivity contribution in [2.45, 2.75) is 52.4 Å². The molecular formula is C16H20Cl4N2O2. The smallest absolute Gasteiger partial charge is 0.224 e. The lowest BCUT2D eigenvalue weighted by molar-refractivity contribution is -0.117. The van der Waals surface area contributed by atoms with Gasteiger partial charge in [0.25, 0.3) is 0 Å². The molecule has 8 heteroatoms. The Hall–Kier alpha value is -0.680. The molecule has 0 bridgehead atoms. The number of halogens is 4. The number of anilines is 2. The summed E-state index contributed by atoms with van der Waals surface area (Å²) >= 11 is 24.8. The molecule has 0 aromatic heterocycles. The third kappa shape index (κ3) is 5.69. The van der Waals surface area contributed by atoms with Gasteiger partial charge in [0, 0.05) is 12.8 Å². The van der Waals surface area contributed by atoms with Gasteiger partial charge >= 0.3 is 0 Å². The molecule has 0 fully saturated rings. The highest BCUT2D eigenvalue weighted by Gasteiger charge is 2.22. The normalized spacial score (nSPS) is 10.6. The Morgan fingerprint density at radius 3 is 1.25 bits per heavy atom.